The number of carboxylic acids is 1. The van der Waals surface area contributed by atoms with Gasteiger partial charge in [-0.3, -0.25) is 14.5 Å². The topological polar surface area (TPSA) is 73.7 Å². The number of carbonyl (C=O) groups is 2. The molecule has 2 aliphatic rings. The summed E-state index contributed by atoms with van der Waals surface area (Å²) in [5.41, 5.74) is 5.42. The Kier molecular flexibility index (Phi) is 4.84. The lowest BCUT2D eigenvalue weighted by Crippen LogP contribution is -2.34. The second kappa shape index (κ2) is 7.66. The summed E-state index contributed by atoms with van der Waals surface area (Å²) in [6, 6.07) is 16.4. The predicted molar refractivity (Wildman–Crippen MR) is 116 cm³/mol. The molecule has 5 rings (SSSR count). The van der Waals surface area contributed by atoms with E-state index in [4.69, 9.17) is 5.11 Å². The Morgan fingerprint density at radius 1 is 1.03 bits per heavy atom. The standard InChI is InChI=1S/C23H21N3O3S/c27-21(28)14-25-11-10-18-20(13-25)30-22(24-18)23(29)26-12-9-17-16(7-4-8-19(17)26)15-5-2-1-3-6-15/h1-8H,9-14H2,(H,27,28). The van der Waals surface area contributed by atoms with E-state index in [0.717, 1.165) is 28.2 Å². The molecule has 30 heavy (non-hydrogen) atoms. The van der Waals surface area contributed by atoms with Crippen molar-refractivity contribution in [2.75, 3.05) is 24.5 Å². The van der Waals surface area contributed by atoms with E-state index in [2.05, 4.69) is 23.2 Å². The minimum atomic E-state index is -0.831. The predicted octanol–water partition coefficient (Wildman–Crippen LogP) is 3.46. The third-order valence-corrected chi connectivity index (χ3v) is 6.78. The molecule has 2 aromatic carbocycles. The summed E-state index contributed by atoms with van der Waals surface area (Å²) < 4.78 is 0. The van der Waals surface area contributed by atoms with E-state index in [1.54, 1.807) is 0 Å². The van der Waals surface area contributed by atoms with Gasteiger partial charge in [0.2, 0.25) is 0 Å². The number of anilines is 1. The van der Waals surface area contributed by atoms with Gasteiger partial charge in [-0.15, -0.1) is 11.3 Å². The first-order valence-electron chi connectivity index (χ1n) is 10.0. The maximum Gasteiger partial charge on any atom is 0.317 e. The first-order valence-corrected chi connectivity index (χ1v) is 10.8. The third-order valence-electron chi connectivity index (χ3n) is 5.71. The molecule has 1 amide bonds. The summed E-state index contributed by atoms with van der Waals surface area (Å²) in [4.78, 5) is 33.6. The van der Waals surface area contributed by atoms with Crippen molar-refractivity contribution < 1.29 is 14.7 Å². The number of thiazole rings is 1. The van der Waals surface area contributed by atoms with E-state index in [1.807, 2.05) is 40.1 Å². The number of aromatic nitrogens is 1. The molecule has 152 valence electrons. The molecule has 0 unspecified atom stereocenters. The molecule has 0 spiro atoms. The summed E-state index contributed by atoms with van der Waals surface area (Å²) in [6.07, 6.45) is 1.50. The second-order valence-electron chi connectivity index (χ2n) is 7.62. The number of hydrogen-bond acceptors (Lipinski definition) is 5. The van der Waals surface area contributed by atoms with Gasteiger partial charge in [0.05, 0.1) is 12.2 Å². The van der Waals surface area contributed by atoms with Gasteiger partial charge in [-0.25, -0.2) is 4.98 Å². The van der Waals surface area contributed by atoms with Crippen molar-refractivity contribution in [2.24, 2.45) is 0 Å². The highest BCUT2D eigenvalue weighted by atomic mass is 32.1. The molecular weight excluding hydrogens is 398 g/mol. The van der Waals surface area contributed by atoms with Gasteiger partial charge in [0.15, 0.2) is 5.01 Å². The lowest BCUT2D eigenvalue weighted by molar-refractivity contribution is -0.138. The highest BCUT2D eigenvalue weighted by Crippen LogP contribution is 2.37. The summed E-state index contributed by atoms with van der Waals surface area (Å²) in [5.74, 6) is -0.898. The van der Waals surface area contributed by atoms with Crippen LogP contribution in [0.4, 0.5) is 5.69 Å². The number of carboxylic acid groups (broad SMARTS) is 1. The van der Waals surface area contributed by atoms with E-state index in [-0.39, 0.29) is 12.5 Å². The molecule has 0 aliphatic carbocycles. The molecule has 0 atom stereocenters. The van der Waals surface area contributed by atoms with E-state index >= 15 is 0 Å². The van der Waals surface area contributed by atoms with Gasteiger partial charge < -0.3 is 10.0 Å². The average Bonchev–Trinajstić information content (AvgIpc) is 3.37. The number of benzene rings is 2. The first-order chi connectivity index (χ1) is 14.6. The number of fused-ring (bicyclic) bond motifs is 2. The van der Waals surface area contributed by atoms with Crippen molar-refractivity contribution in [3.05, 3.63) is 69.7 Å². The molecule has 7 heteroatoms. The lowest BCUT2D eigenvalue weighted by Gasteiger charge is -2.23. The molecule has 1 aromatic heterocycles. The van der Waals surface area contributed by atoms with Crippen LogP contribution >= 0.6 is 11.3 Å². The van der Waals surface area contributed by atoms with Crippen molar-refractivity contribution >= 4 is 28.9 Å². The van der Waals surface area contributed by atoms with Crippen LogP contribution in [0.15, 0.2) is 48.5 Å². The zero-order chi connectivity index (χ0) is 20.7. The summed E-state index contributed by atoms with van der Waals surface area (Å²) in [5, 5.41) is 9.53. The smallest absolute Gasteiger partial charge is 0.317 e. The van der Waals surface area contributed by atoms with Crippen LogP contribution in [0.1, 0.15) is 25.9 Å². The number of aliphatic carboxylic acids is 1. The van der Waals surface area contributed by atoms with E-state index in [0.29, 0.717) is 31.1 Å². The number of nitrogens with zero attached hydrogens (tertiary/aromatic N) is 3. The van der Waals surface area contributed by atoms with Gasteiger partial charge in [-0.2, -0.15) is 0 Å². The Balaban J connectivity index is 1.41. The molecule has 0 radical (unpaired) electrons. The molecular formula is C23H21N3O3S. The van der Waals surface area contributed by atoms with Gasteiger partial charge in [0.1, 0.15) is 0 Å². The first kappa shape index (κ1) is 19.0. The maximum atomic E-state index is 13.3. The Morgan fingerprint density at radius 3 is 2.67 bits per heavy atom. The number of carbonyl (C=O) groups excluding carboxylic acids is 1. The van der Waals surface area contributed by atoms with Crippen molar-refractivity contribution in [2.45, 2.75) is 19.4 Å². The fraction of sp³-hybridized carbons (Fsp3) is 0.261. The lowest BCUT2D eigenvalue weighted by atomic mass is 9.98. The zero-order valence-corrected chi connectivity index (χ0v) is 17.2. The van der Waals surface area contributed by atoms with Crippen LogP contribution in [0.3, 0.4) is 0 Å². The molecule has 0 fully saturated rings. The second-order valence-corrected chi connectivity index (χ2v) is 8.70. The number of amides is 1. The highest BCUT2D eigenvalue weighted by molar-refractivity contribution is 7.13. The monoisotopic (exact) mass is 419 g/mol. The largest absolute Gasteiger partial charge is 0.480 e. The van der Waals surface area contributed by atoms with Crippen LogP contribution in [0.5, 0.6) is 0 Å². The summed E-state index contributed by atoms with van der Waals surface area (Å²) >= 11 is 1.40. The summed E-state index contributed by atoms with van der Waals surface area (Å²) in [6.45, 7) is 1.86. The average molecular weight is 420 g/mol. The Labute approximate surface area is 178 Å². The third kappa shape index (κ3) is 3.40. The van der Waals surface area contributed by atoms with Crippen LogP contribution < -0.4 is 4.90 Å². The zero-order valence-electron chi connectivity index (χ0n) is 16.4. The minimum Gasteiger partial charge on any atom is -0.480 e. The molecule has 1 N–H and O–H groups in total. The molecule has 2 aliphatic heterocycles. The van der Waals surface area contributed by atoms with Crippen LogP contribution in [0, 0.1) is 0 Å². The summed E-state index contributed by atoms with van der Waals surface area (Å²) in [7, 11) is 0. The van der Waals surface area contributed by atoms with E-state index in [9.17, 15) is 9.59 Å². The van der Waals surface area contributed by atoms with Crippen molar-refractivity contribution in [1.29, 1.82) is 0 Å². The Bertz CT molecular complexity index is 1130. The minimum absolute atomic E-state index is 0.0163. The van der Waals surface area contributed by atoms with Gasteiger partial charge in [0.25, 0.3) is 5.91 Å². The molecule has 0 bridgehead atoms. The van der Waals surface area contributed by atoms with Crippen molar-refractivity contribution in [3.63, 3.8) is 0 Å². The fourth-order valence-corrected chi connectivity index (χ4v) is 5.41. The number of rotatable bonds is 4. The van der Waals surface area contributed by atoms with Crippen LogP contribution in [0.25, 0.3) is 11.1 Å². The van der Waals surface area contributed by atoms with Crippen LogP contribution in [-0.2, 0) is 24.2 Å². The van der Waals surface area contributed by atoms with Crippen molar-refractivity contribution in [3.8, 4) is 11.1 Å². The maximum absolute atomic E-state index is 13.3. The number of hydrogen-bond donors (Lipinski definition) is 1. The normalized spacial score (nSPS) is 15.7. The SMILES string of the molecule is O=C(O)CN1CCc2nc(C(=O)N3CCc4c(-c5ccccc5)cccc43)sc2C1. The molecule has 3 aromatic rings. The molecule has 0 saturated carbocycles. The molecule has 0 saturated heterocycles. The van der Waals surface area contributed by atoms with E-state index in [1.165, 1.54) is 22.5 Å². The van der Waals surface area contributed by atoms with Crippen LogP contribution in [0.2, 0.25) is 0 Å². The Morgan fingerprint density at radius 2 is 1.87 bits per heavy atom. The molecule has 6 nitrogen and oxygen atoms in total. The molecule has 3 heterocycles. The quantitative estimate of drug-likeness (QED) is 0.701. The van der Waals surface area contributed by atoms with Gasteiger partial charge in [0, 0.05) is 36.6 Å². The van der Waals surface area contributed by atoms with E-state index < -0.39 is 5.97 Å². The van der Waals surface area contributed by atoms with Gasteiger partial charge in [-0.05, 0) is 29.2 Å². The van der Waals surface area contributed by atoms with Crippen LogP contribution in [-0.4, -0.2) is 46.5 Å². The fourth-order valence-electron chi connectivity index (χ4n) is 4.31. The Hall–Kier alpha value is -3.03. The highest BCUT2D eigenvalue weighted by Gasteiger charge is 2.31. The van der Waals surface area contributed by atoms with Gasteiger partial charge >= 0.3 is 5.97 Å². The van der Waals surface area contributed by atoms with Gasteiger partial charge in [-0.1, -0.05) is 42.5 Å². The van der Waals surface area contributed by atoms with Crippen molar-refractivity contribution in [1.82, 2.24) is 9.88 Å².